The Hall–Kier alpha value is -3.14. The average molecular weight is 396 g/mol. The van der Waals surface area contributed by atoms with Crippen LogP contribution in [-0.4, -0.2) is 5.78 Å². The van der Waals surface area contributed by atoms with E-state index in [1.54, 1.807) is 11.8 Å². The Morgan fingerprint density at radius 3 is 1.93 bits per heavy atom. The maximum absolute atomic E-state index is 13.0. The Labute approximate surface area is 175 Å². The minimum absolute atomic E-state index is 0.0413. The quantitative estimate of drug-likeness (QED) is 0.396. The van der Waals surface area contributed by atoms with E-state index in [0.717, 1.165) is 27.1 Å². The van der Waals surface area contributed by atoms with Gasteiger partial charge in [0.15, 0.2) is 5.78 Å². The molecule has 0 amide bonds. The average Bonchev–Trinajstić information content (AvgIpc) is 2.80. The first-order valence-corrected chi connectivity index (χ1v) is 10.3. The van der Waals surface area contributed by atoms with Crippen molar-refractivity contribution in [2.24, 2.45) is 5.73 Å². The Morgan fingerprint density at radius 1 is 0.690 bits per heavy atom. The van der Waals surface area contributed by atoms with Gasteiger partial charge in [0.25, 0.3) is 0 Å². The number of hydrogen-bond acceptors (Lipinski definition) is 3. The molecule has 0 aliphatic heterocycles. The van der Waals surface area contributed by atoms with Crippen LogP contribution in [-0.2, 0) is 6.54 Å². The topological polar surface area (TPSA) is 43.1 Å². The van der Waals surface area contributed by atoms with Crippen molar-refractivity contribution in [1.82, 2.24) is 0 Å². The molecule has 142 valence electrons. The van der Waals surface area contributed by atoms with Gasteiger partial charge in [-0.1, -0.05) is 90.6 Å². The lowest BCUT2D eigenvalue weighted by Crippen LogP contribution is -2.03. The summed E-state index contributed by atoms with van der Waals surface area (Å²) in [6.45, 7) is 0.556. The third-order valence-corrected chi connectivity index (χ3v) is 5.78. The fourth-order valence-electron chi connectivity index (χ4n) is 3.21. The Bertz CT molecular complexity index is 1100. The molecule has 2 nitrogen and oxygen atoms in total. The van der Waals surface area contributed by atoms with Crippen LogP contribution < -0.4 is 5.73 Å². The summed E-state index contributed by atoms with van der Waals surface area (Å²) in [7, 11) is 0. The zero-order valence-corrected chi connectivity index (χ0v) is 16.7. The van der Waals surface area contributed by atoms with Crippen LogP contribution in [0.1, 0.15) is 21.5 Å². The SMILES string of the molecule is NCc1ccc(Sc2ccc(-c3ccccc3C(=O)c3ccccc3)cc2)cc1. The van der Waals surface area contributed by atoms with Crippen LogP contribution in [0.3, 0.4) is 0 Å². The Balaban J connectivity index is 1.58. The zero-order chi connectivity index (χ0) is 20.1. The van der Waals surface area contributed by atoms with Gasteiger partial charge in [-0.25, -0.2) is 0 Å². The number of rotatable bonds is 6. The second kappa shape index (κ2) is 8.91. The Morgan fingerprint density at radius 2 is 1.28 bits per heavy atom. The molecule has 0 radical (unpaired) electrons. The third kappa shape index (κ3) is 4.48. The summed E-state index contributed by atoms with van der Waals surface area (Å²) in [6.07, 6.45) is 0. The number of ketones is 1. The van der Waals surface area contributed by atoms with Crippen LogP contribution in [0.5, 0.6) is 0 Å². The minimum atomic E-state index is 0.0413. The summed E-state index contributed by atoms with van der Waals surface area (Å²) in [5, 5.41) is 0. The molecule has 0 atom stereocenters. The lowest BCUT2D eigenvalue weighted by Gasteiger charge is -2.10. The highest BCUT2D eigenvalue weighted by Crippen LogP contribution is 2.31. The van der Waals surface area contributed by atoms with E-state index in [9.17, 15) is 4.79 Å². The fraction of sp³-hybridized carbons (Fsp3) is 0.0385. The summed E-state index contributed by atoms with van der Waals surface area (Å²) in [4.78, 5) is 15.3. The van der Waals surface area contributed by atoms with E-state index in [4.69, 9.17) is 5.73 Å². The number of benzene rings is 4. The van der Waals surface area contributed by atoms with E-state index in [0.29, 0.717) is 12.1 Å². The van der Waals surface area contributed by atoms with Crippen LogP contribution in [0.15, 0.2) is 113 Å². The summed E-state index contributed by atoms with van der Waals surface area (Å²) < 4.78 is 0. The highest BCUT2D eigenvalue weighted by atomic mass is 32.2. The molecule has 3 heteroatoms. The van der Waals surface area contributed by atoms with Gasteiger partial charge in [0, 0.05) is 27.5 Å². The molecule has 29 heavy (non-hydrogen) atoms. The van der Waals surface area contributed by atoms with Crippen molar-refractivity contribution < 1.29 is 4.79 Å². The highest BCUT2D eigenvalue weighted by Gasteiger charge is 2.14. The second-order valence-corrected chi connectivity index (χ2v) is 7.86. The molecular weight excluding hydrogens is 374 g/mol. The molecule has 0 unspecified atom stereocenters. The Kier molecular flexibility index (Phi) is 5.89. The summed E-state index contributed by atoms with van der Waals surface area (Å²) in [6, 6.07) is 33.8. The molecule has 0 spiro atoms. The largest absolute Gasteiger partial charge is 0.326 e. The lowest BCUT2D eigenvalue weighted by molar-refractivity contribution is 0.103. The van der Waals surface area contributed by atoms with Crippen LogP contribution >= 0.6 is 11.8 Å². The zero-order valence-electron chi connectivity index (χ0n) is 15.9. The van der Waals surface area contributed by atoms with Gasteiger partial charge in [0.1, 0.15) is 0 Å². The monoisotopic (exact) mass is 395 g/mol. The van der Waals surface area contributed by atoms with Crippen molar-refractivity contribution >= 4 is 17.5 Å². The third-order valence-electron chi connectivity index (χ3n) is 4.77. The standard InChI is InChI=1S/C26H21NOS/c27-18-19-10-14-22(15-11-19)29-23-16-12-20(13-17-23)24-8-4-5-9-25(24)26(28)21-6-2-1-3-7-21/h1-17H,18,27H2. The first kappa shape index (κ1) is 19.2. The summed E-state index contributed by atoms with van der Waals surface area (Å²) in [5.74, 6) is 0.0413. The predicted molar refractivity (Wildman–Crippen MR) is 120 cm³/mol. The van der Waals surface area contributed by atoms with E-state index in [-0.39, 0.29) is 5.78 Å². The number of carbonyl (C=O) groups excluding carboxylic acids is 1. The number of hydrogen-bond donors (Lipinski definition) is 1. The molecule has 0 bridgehead atoms. The van der Waals surface area contributed by atoms with E-state index in [2.05, 4.69) is 48.5 Å². The molecule has 4 aromatic rings. The van der Waals surface area contributed by atoms with Gasteiger partial charge >= 0.3 is 0 Å². The molecule has 0 aliphatic rings. The van der Waals surface area contributed by atoms with Crippen LogP contribution in [0.2, 0.25) is 0 Å². The smallest absolute Gasteiger partial charge is 0.193 e. The molecule has 0 saturated carbocycles. The summed E-state index contributed by atoms with van der Waals surface area (Å²) >= 11 is 1.71. The van der Waals surface area contributed by atoms with Crippen molar-refractivity contribution in [2.75, 3.05) is 0 Å². The van der Waals surface area contributed by atoms with E-state index in [1.807, 2.05) is 54.6 Å². The summed E-state index contributed by atoms with van der Waals surface area (Å²) in [5.41, 5.74) is 10.2. The predicted octanol–water partition coefficient (Wildman–Crippen LogP) is 6.19. The minimum Gasteiger partial charge on any atom is -0.326 e. The van der Waals surface area contributed by atoms with Crippen molar-refractivity contribution in [3.63, 3.8) is 0 Å². The molecule has 0 fully saturated rings. The molecule has 0 heterocycles. The molecular formula is C26H21NOS. The maximum Gasteiger partial charge on any atom is 0.193 e. The van der Waals surface area contributed by atoms with E-state index in [1.165, 1.54) is 4.90 Å². The van der Waals surface area contributed by atoms with E-state index >= 15 is 0 Å². The molecule has 0 aromatic heterocycles. The van der Waals surface area contributed by atoms with Gasteiger partial charge in [-0.15, -0.1) is 0 Å². The number of nitrogens with two attached hydrogens (primary N) is 1. The number of carbonyl (C=O) groups is 1. The molecule has 0 aliphatic carbocycles. The van der Waals surface area contributed by atoms with Crippen LogP contribution in [0, 0.1) is 0 Å². The fourth-order valence-corrected chi connectivity index (χ4v) is 4.03. The van der Waals surface area contributed by atoms with Gasteiger partial charge in [0.05, 0.1) is 0 Å². The van der Waals surface area contributed by atoms with Gasteiger partial charge in [-0.2, -0.15) is 0 Å². The maximum atomic E-state index is 13.0. The molecule has 4 rings (SSSR count). The van der Waals surface area contributed by atoms with Crippen molar-refractivity contribution in [3.8, 4) is 11.1 Å². The first-order valence-electron chi connectivity index (χ1n) is 9.50. The van der Waals surface area contributed by atoms with Gasteiger partial charge in [-0.05, 0) is 41.0 Å². The van der Waals surface area contributed by atoms with Gasteiger partial charge in [-0.3, -0.25) is 4.79 Å². The molecule has 0 saturated heterocycles. The van der Waals surface area contributed by atoms with Gasteiger partial charge in [0.2, 0.25) is 0 Å². The van der Waals surface area contributed by atoms with Crippen molar-refractivity contribution in [3.05, 3.63) is 120 Å². The second-order valence-electron chi connectivity index (χ2n) is 6.72. The van der Waals surface area contributed by atoms with Crippen molar-refractivity contribution in [2.45, 2.75) is 16.3 Å². The van der Waals surface area contributed by atoms with E-state index < -0.39 is 0 Å². The lowest BCUT2D eigenvalue weighted by atomic mass is 9.94. The van der Waals surface area contributed by atoms with Crippen LogP contribution in [0.4, 0.5) is 0 Å². The molecule has 2 N–H and O–H groups in total. The highest BCUT2D eigenvalue weighted by molar-refractivity contribution is 7.99. The first-order chi connectivity index (χ1) is 14.2. The normalized spacial score (nSPS) is 10.7. The van der Waals surface area contributed by atoms with Crippen molar-refractivity contribution in [1.29, 1.82) is 0 Å². The van der Waals surface area contributed by atoms with Crippen LogP contribution in [0.25, 0.3) is 11.1 Å². The molecule has 4 aromatic carbocycles. The van der Waals surface area contributed by atoms with Gasteiger partial charge < -0.3 is 5.73 Å².